The van der Waals surface area contributed by atoms with Crippen LogP contribution in [0, 0.1) is 10.1 Å². The van der Waals surface area contributed by atoms with Crippen LogP contribution in [0.3, 0.4) is 0 Å². The van der Waals surface area contributed by atoms with Gasteiger partial charge in [0, 0.05) is 11.1 Å². The molecule has 2 aromatic rings. The van der Waals surface area contributed by atoms with Crippen LogP contribution in [0.4, 0.5) is 11.4 Å². The molecule has 23 heavy (non-hydrogen) atoms. The predicted octanol–water partition coefficient (Wildman–Crippen LogP) is 4.42. The van der Waals surface area contributed by atoms with Crippen molar-refractivity contribution < 1.29 is 14.5 Å². The van der Waals surface area contributed by atoms with Crippen LogP contribution in [0.1, 0.15) is 6.92 Å². The zero-order valence-electron chi connectivity index (χ0n) is 12.0. The Balaban J connectivity index is 2.10. The fraction of sp³-hybridized carbons (Fsp3) is 0.133. The average molecular weight is 400 g/mol. The molecule has 0 radical (unpaired) electrons. The maximum absolute atomic E-state index is 12.2. The van der Waals surface area contributed by atoms with Crippen LogP contribution >= 0.6 is 27.5 Å². The third-order valence-corrected chi connectivity index (χ3v) is 3.78. The minimum absolute atomic E-state index is 0.119. The van der Waals surface area contributed by atoms with Crippen molar-refractivity contribution in [2.75, 3.05) is 5.32 Å². The standard InChI is InChI=1S/C15H12BrClN2O4/c1-9(23-14-7-6-10(17)8-11(14)16)15(20)18-12-4-2-3-5-13(12)19(21)22/h2-9H,1H3,(H,18,20)/t9-/m1/s1. The summed E-state index contributed by atoms with van der Waals surface area (Å²) in [5, 5.41) is 14.0. The molecule has 2 rings (SSSR count). The molecule has 0 saturated carbocycles. The number of nitro groups is 1. The number of benzene rings is 2. The fourth-order valence-electron chi connectivity index (χ4n) is 1.79. The van der Waals surface area contributed by atoms with Crippen LogP contribution in [0.15, 0.2) is 46.9 Å². The van der Waals surface area contributed by atoms with Gasteiger partial charge in [-0.3, -0.25) is 14.9 Å². The minimum atomic E-state index is -0.854. The number of nitrogens with zero attached hydrogens (tertiary/aromatic N) is 1. The Labute approximate surface area is 145 Å². The Bertz CT molecular complexity index is 754. The highest BCUT2D eigenvalue weighted by Gasteiger charge is 2.20. The highest BCUT2D eigenvalue weighted by molar-refractivity contribution is 9.10. The number of carbonyl (C=O) groups is 1. The molecule has 0 aliphatic carbocycles. The topological polar surface area (TPSA) is 81.5 Å². The van der Waals surface area contributed by atoms with Gasteiger partial charge in [0.2, 0.25) is 0 Å². The van der Waals surface area contributed by atoms with Gasteiger partial charge in [-0.25, -0.2) is 0 Å². The van der Waals surface area contributed by atoms with Crippen molar-refractivity contribution in [1.29, 1.82) is 0 Å². The van der Waals surface area contributed by atoms with Crippen LogP contribution in [-0.4, -0.2) is 16.9 Å². The summed E-state index contributed by atoms with van der Waals surface area (Å²) in [7, 11) is 0. The van der Waals surface area contributed by atoms with Gasteiger partial charge in [-0.15, -0.1) is 0 Å². The number of hydrogen-bond donors (Lipinski definition) is 1. The predicted molar refractivity (Wildman–Crippen MR) is 91.0 cm³/mol. The Morgan fingerprint density at radius 2 is 2.04 bits per heavy atom. The first-order valence-electron chi connectivity index (χ1n) is 6.54. The number of para-hydroxylation sites is 2. The van der Waals surface area contributed by atoms with Crippen molar-refractivity contribution in [2.24, 2.45) is 0 Å². The van der Waals surface area contributed by atoms with E-state index < -0.39 is 16.9 Å². The highest BCUT2D eigenvalue weighted by Crippen LogP contribution is 2.29. The average Bonchev–Trinajstić information content (AvgIpc) is 2.50. The first kappa shape index (κ1) is 17.2. The Morgan fingerprint density at radius 1 is 1.35 bits per heavy atom. The van der Waals surface area contributed by atoms with Crippen LogP contribution < -0.4 is 10.1 Å². The number of hydrogen-bond acceptors (Lipinski definition) is 4. The van der Waals surface area contributed by atoms with Gasteiger partial charge in [-0.2, -0.15) is 0 Å². The molecule has 0 aliphatic rings. The van der Waals surface area contributed by atoms with Crippen molar-refractivity contribution >= 4 is 44.8 Å². The lowest BCUT2D eigenvalue weighted by Gasteiger charge is -2.16. The molecule has 0 fully saturated rings. The number of ether oxygens (including phenoxy) is 1. The van der Waals surface area contributed by atoms with Gasteiger partial charge in [0.15, 0.2) is 6.10 Å². The maximum Gasteiger partial charge on any atom is 0.292 e. The summed E-state index contributed by atoms with van der Waals surface area (Å²) in [5.74, 6) is -0.0549. The largest absolute Gasteiger partial charge is 0.480 e. The van der Waals surface area contributed by atoms with Crippen molar-refractivity contribution in [2.45, 2.75) is 13.0 Å². The Morgan fingerprint density at radius 3 is 2.70 bits per heavy atom. The number of nitrogens with one attached hydrogen (secondary N) is 1. The lowest BCUT2D eigenvalue weighted by Crippen LogP contribution is -2.30. The summed E-state index contributed by atoms with van der Waals surface area (Å²) < 4.78 is 6.15. The Kier molecular flexibility index (Phi) is 5.57. The normalized spacial score (nSPS) is 11.6. The summed E-state index contributed by atoms with van der Waals surface area (Å²) in [5.41, 5.74) is -0.0613. The molecule has 0 aliphatic heterocycles. The molecule has 1 amide bonds. The van der Waals surface area contributed by atoms with E-state index in [9.17, 15) is 14.9 Å². The van der Waals surface area contributed by atoms with Crippen molar-refractivity contribution in [3.8, 4) is 5.75 Å². The van der Waals surface area contributed by atoms with Crippen molar-refractivity contribution in [3.05, 3.63) is 62.1 Å². The lowest BCUT2D eigenvalue weighted by molar-refractivity contribution is -0.383. The molecule has 1 atom stereocenters. The number of carbonyl (C=O) groups excluding carboxylic acids is 1. The highest BCUT2D eigenvalue weighted by atomic mass is 79.9. The monoisotopic (exact) mass is 398 g/mol. The molecular weight excluding hydrogens is 388 g/mol. The second kappa shape index (κ2) is 7.43. The molecule has 1 N–H and O–H groups in total. The van der Waals surface area contributed by atoms with Crippen molar-refractivity contribution in [3.63, 3.8) is 0 Å². The zero-order valence-corrected chi connectivity index (χ0v) is 14.3. The molecule has 0 heterocycles. The molecule has 0 spiro atoms. The van der Waals surface area contributed by atoms with Gasteiger partial charge >= 0.3 is 0 Å². The van der Waals surface area contributed by atoms with Gasteiger partial charge in [0.1, 0.15) is 11.4 Å². The van der Waals surface area contributed by atoms with E-state index in [1.54, 1.807) is 31.2 Å². The second-order valence-corrected chi connectivity index (χ2v) is 5.89. The van der Waals surface area contributed by atoms with E-state index in [-0.39, 0.29) is 11.4 Å². The smallest absolute Gasteiger partial charge is 0.292 e. The molecule has 0 bridgehead atoms. The van der Waals surface area contributed by atoms with Gasteiger partial charge < -0.3 is 10.1 Å². The van der Waals surface area contributed by atoms with E-state index in [1.165, 1.54) is 18.2 Å². The van der Waals surface area contributed by atoms with Gasteiger partial charge in [-0.1, -0.05) is 23.7 Å². The molecule has 6 nitrogen and oxygen atoms in total. The zero-order chi connectivity index (χ0) is 17.0. The first-order valence-corrected chi connectivity index (χ1v) is 7.71. The molecular formula is C15H12BrClN2O4. The number of rotatable bonds is 5. The summed E-state index contributed by atoms with van der Waals surface area (Å²) in [6.45, 7) is 1.55. The maximum atomic E-state index is 12.2. The molecule has 2 aromatic carbocycles. The molecule has 0 unspecified atom stereocenters. The SMILES string of the molecule is C[C@@H](Oc1ccc(Cl)cc1Br)C(=O)Nc1ccccc1[N+](=O)[O-]. The van der Waals surface area contributed by atoms with E-state index >= 15 is 0 Å². The molecule has 0 aromatic heterocycles. The van der Waals surface area contributed by atoms with E-state index in [0.717, 1.165) is 0 Å². The number of nitro benzene ring substituents is 1. The third kappa shape index (κ3) is 4.43. The van der Waals surface area contributed by atoms with E-state index in [1.807, 2.05) is 0 Å². The van der Waals surface area contributed by atoms with E-state index in [4.69, 9.17) is 16.3 Å². The molecule has 120 valence electrons. The Hall–Kier alpha value is -2.12. The molecule has 0 saturated heterocycles. The fourth-order valence-corrected chi connectivity index (χ4v) is 2.56. The summed E-state index contributed by atoms with van der Waals surface area (Å²) in [6.07, 6.45) is -0.854. The number of amides is 1. The summed E-state index contributed by atoms with van der Waals surface area (Å²) >= 11 is 9.13. The van der Waals surface area contributed by atoms with Crippen LogP contribution in [0.25, 0.3) is 0 Å². The molecule has 8 heteroatoms. The number of halogens is 2. The van der Waals surface area contributed by atoms with Gasteiger partial charge in [0.25, 0.3) is 11.6 Å². The van der Waals surface area contributed by atoms with Crippen LogP contribution in [-0.2, 0) is 4.79 Å². The van der Waals surface area contributed by atoms with Gasteiger partial charge in [0.05, 0.1) is 9.40 Å². The van der Waals surface area contributed by atoms with Crippen molar-refractivity contribution in [1.82, 2.24) is 0 Å². The van der Waals surface area contributed by atoms with Gasteiger partial charge in [-0.05, 0) is 47.1 Å². The minimum Gasteiger partial charge on any atom is -0.480 e. The second-order valence-electron chi connectivity index (χ2n) is 4.60. The van der Waals surface area contributed by atoms with E-state index in [0.29, 0.717) is 15.2 Å². The third-order valence-electron chi connectivity index (χ3n) is 2.93. The summed E-state index contributed by atoms with van der Waals surface area (Å²) in [6, 6.07) is 10.8. The first-order chi connectivity index (χ1) is 10.9. The number of anilines is 1. The van der Waals surface area contributed by atoms with Crippen LogP contribution in [0.5, 0.6) is 5.75 Å². The van der Waals surface area contributed by atoms with E-state index in [2.05, 4.69) is 21.2 Å². The van der Waals surface area contributed by atoms with Crippen LogP contribution in [0.2, 0.25) is 5.02 Å². The lowest BCUT2D eigenvalue weighted by atomic mass is 10.2. The summed E-state index contributed by atoms with van der Waals surface area (Å²) in [4.78, 5) is 22.6. The quantitative estimate of drug-likeness (QED) is 0.596.